The molecular formula is C10H9ClF2O2. The first-order valence-electron chi connectivity index (χ1n) is 4.40. The van der Waals surface area contributed by atoms with Crippen LogP contribution in [0.2, 0.25) is 5.02 Å². The highest BCUT2D eigenvalue weighted by atomic mass is 35.5. The molecule has 0 bridgehead atoms. The Bertz CT molecular complexity index is 378. The standard InChI is InChI=1S/C10H9ClF2O2/c1-10(5-14-10)7-4-6(11)2-3-8(7)15-9(12)13/h2-4,9H,5H2,1H3. The van der Waals surface area contributed by atoms with Gasteiger partial charge in [0.1, 0.15) is 11.4 Å². The van der Waals surface area contributed by atoms with Gasteiger partial charge in [0.2, 0.25) is 0 Å². The molecule has 1 aliphatic heterocycles. The topological polar surface area (TPSA) is 21.8 Å². The SMILES string of the molecule is CC1(c2cc(Cl)ccc2OC(F)F)CO1. The number of hydrogen-bond acceptors (Lipinski definition) is 2. The number of halogens is 3. The Kier molecular flexibility index (Phi) is 2.56. The molecule has 1 aromatic carbocycles. The van der Waals surface area contributed by atoms with E-state index in [0.717, 1.165) is 0 Å². The molecule has 1 aromatic rings. The van der Waals surface area contributed by atoms with Crippen molar-refractivity contribution in [2.24, 2.45) is 0 Å². The number of rotatable bonds is 3. The first-order chi connectivity index (χ1) is 7.01. The van der Waals surface area contributed by atoms with E-state index in [1.165, 1.54) is 12.1 Å². The van der Waals surface area contributed by atoms with Gasteiger partial charge in [-0.1, -0.05) is 11.6 Å². The van der Waals surface area contributed by atoms with Gasteiger partial charge in [-0.05, 0) is 25.1 Å². The molecule has 1 heterocycles. The van der Waals surface area contributed by atoms with Crippen molar-refractivity contribution in [1.29, 1.82) is 0 Å². The van der Waals surface area contributed by atoms with E-state index < -0.39 is 12.2 Å². The Morgan fingerprint density at radius 3 is 2.73 bits per heavy atom. The van der Waals surface area contributed by atoms with Gasteiger partial charge in [0, 0.05) is 10.6 Å². The van der Waals surface area contributed by atoms with Crippen molar-refractivity contribution >= 4 is 11.6 Å². The number of benzene rings is 1. The van der Waals surface area contributed by atoms with Gasteiger partial charge in [0.05, 0.1) is 6.61 Å². The maximum Gasteiger partial charge on any atom is 0.387 e. The van der Waals surface area contributed by atoms with Crippen LogP contribution in [0.3, 0.4) is 0 Å². The van der Waals surface area contributed by atoms with Crippen LogP contribution in [-0.2, 0) is 10.3 Å². The zero-order valence-electron chi connectivity index (χ0n) is 7.97. The van der Waals surface area contributed by atoms with Gasteiger partial charge in [-0.15, -0.1) is 0 Å². The molecule has 1 saturated heterocycles. The molecule has 0 saturated carbocycles. The predicted molar refractivity (Wildman–Crippen MR) is 51.4 cm³/mol. The second kappa shape index (κ2) is 3.61. The highest BCUT2D eigenvalue weighted by Crippen LogP contribution is 2.44. The van der Waals surface area contributed by atoms with Gasteiger partial charge in [0.25, 0.3) is 0 Å². The minimum absolute atomic E-state index is 0.120. The normalized spacial score (nSPS) is 24.3. The van der Waals surface area contributed by atoms with Gasteiger partial charge in [-0.25, -0.2) is 0 Å². The summed E-state index contributed by atoms with van der Waals surface area (Å²) in [6.07, 6.45) is 0. The lowest BCUT2D eigenvalue weighted by molar-refractivity contribution is -0.0509. The van der Waals surface area contributed by atoms with E-state index >= 15 is 0 Å². The third-order valence-corrected chi connectivity index (χ3v) is 2.54. The van der Waals surface area contributed by atoms with Crippen molar-refractivity contribution in [2.45, 2.75) is 19.1 Å². The fourth-order valence-electron chi connectivity index (χ4n) is 1.38. The van der Waals surface area contributed by atoms with Gasteiger partial charge < -0.3 is 9.47 Å². The average Bonchev–Trinajstić information content (AvgIpc) is 2.87. The summed E-state index contributed by atoms with van der Waals surface area (Å²) in [5, 5.41) is 0.475. The Morgan fingerprint density at radius 2 is 2.20 bits per heavy atom. The first-order valence-corrected chi connectivity index (χ1v) is 4.78. The van der Waals surface area contributed by atoms with Crippen LogP contribution in [0, 0.1) is 0 Å². The first kappa shape index (κ1) is 10.6. The summed E-state index contributed by atoms with van der Waals surface area (Å²) in [4.78, 5) is 0. The van der Waals surface area contributed by atoms with Crippen molar-refractivity contribution in [3.05, 3.63) is 28.8 Å². The molecule has 0 spiro atoms. The maximum absolute atomic E-state index is 12.1. The molecule has 0 N–H and O–H groups in total. The molecule has 2 rings (SSSR count). The number of epoxide rings is 1. The Hall–Kier alpha value is -0.870. The highest BCUT2D eigenvalue weighted by Gasteiger charge is 2.43. The molecule has 0 aromatic heterocycles. The minimum Gasteiger partial charge on any atom is -0.434 e. The van der Waals surface area contributed by atoms with E-state index in [1.54, 1.807) is 13.0 Å². The zero-order chi connectivity index (χ0) is 11.1. The van der Waals surface area contributed by atoms with Crippen molar-refractivity contribution in [3.8, 4) is 5.75 Å². The van der Waals surface area contributed by atoms with Crippen molar-refractivity contribution in [2.75, 3.05) is 6.61 Å². The Morgan fingerprint density at radius 1 is 1.53 bits per heavy atom. The number of ether oxygens (including phenoxy) is 2. The summed E-state index contributed by atoms with van der Waals surface area (Å²) in [6.45, 7) is -0.545. The second-order valence-corrected chi connectivity index (χ2v) is 3.97. The lowest BCUT2D eigenvalue weighted by atomic mass is 10.0. The van der Waals surface area contributed by atoms with Crippen molar-refractivity contribution in [3.63, 3.8) is 0 Å². The quantitative estimate of drug-likeness (QED) is 0.750. The Labute approximate surface area is 90.7 Å². The van der Waals surface area contributed by atoms with Gasteiger partial charge in [0.15, 0.2) is 0 Å². The third-order valence-electron chi connectivity index (χ3n) is 2.30. The van der Waals surface area contributed by atoms with E-state index in [9.17, 15) is 8.78 Å². The smallest absolute Gasteiger partial charge is 0.387 e. The summed E-state index contributed by atoms with van der Waals surface area (Å²) in [5.74, 6) is 0.120. The molecule has 5 heteroatoms. The van der Waals surface area contributed by atoms with Crippen molar-refractivity contribution in [1.82, 2.24) is 0 Å². The van der Waals surface area contributed by atoms with Gasteiger partial charge >= 0.3 is 6.61 Å². The molecule has 0 radical (unpaired) electrons. The van der Waals surface area contributed by atoms with Crippen LogP contribution >= 0.6 is 11.6 Å². The molecule has 1 fully saturated rings. The Balaban J connectivity index is 2.36. The second-order valence-electron chi connectivity index (χ2n) is 3.54. The van der Waals surface area contributed by atoms with Crippen LogP contribution < -0.4 is 4.74 Å². The van der Waals surface area contributed by atoms with Crippen LogP contribution in [-0.4, -0.2) is 13.2 Å². The molecule has 1 aliphatic rings. The average molecular weight is 235 g/mol. The molecule has 82 valence electrons. The largest absolute Gasteiger partial charge is 0.434 e. The predicted octanol–water partition coefficient (Wildman–Crippen LogP) is 3.19. The highest BCUT2D eigenvalue weighted by molar-refractivity contribution is 6.30. The summed E-state index contributed by atoms with van der Waals surface area (Å²) < 4.78 is 33.8. The van der Waals surface area contributed by atoms with Gasteiger partial charge in [-0.2, -0.15) is 8.78 Å². The molecule has 1 atom stereocenters. The number of hydrogen-bond donors (Lipinski definition) is 0. The van der Waals surface area contributed by atoms with Crippen LogP contribution in [0.25, 0.3) is 0 Å². The molecule has 2 nitrogen and oxygen atoms in total. The van der Waals surface area contributed by atoms with Crippen molar-refractivity contribution < 1.29 is 18.3 Å². The fraction of sp³-hybridized carbons (Fsp3) is 0.400. The van der Waals surface area contributed by atoms with E-state index in [0.29, 0.717) is 17.2 Å². The lowest BCUT2D eigenvalue weighted by Gasteiger charge is -2.13. The molecular weight excluding hydrogens is 226 g/mol. The van der Waals surface area contributed by atoms with Crippen LogP contribution in [0.5, 0.6) is 5.75 Å². The molecule has 0 amide bonds. The van der Waals surface area contributed by atoms with E-state index in [1.807, 2.05) is 0 Å². The number of alkyl halides is 2. The maximum atomic E-state index is 12.1. The molecule has 1 unspecified atom stereocenters. The monoisotopic (exact) mass is 234 g/mol. The van der Waals surface area contributed by atoms with Gasteiger partial charge in [-0.3, -0.25) is 0 Å². The third kappa shape index (κ3) is 2.21. The lowest BCUT2D eigenvalue weighted by Crippen LogP contribution is -2.09. The summed E-state index contributed by atoms with van der Waals surface area (Å²) in [6, 6.07) is 4.53. The minimum atomic E-state index is -2.84. The molecule has 15 heavy (non-hydrogen) atoms. The zero-order valence-corrected chi connectivity index (χ0v) is 8.72. The van der Waals surface area contributed by atoms with E-state index in [-0.39, 0.29) is 5.75 Å². The summed E-state index contributed by atoms with van der Waals surface area (Å²) >= 11 is 5.79. The van der Waals surface area contributed by atoms with E-state index in [4.69, 9.17) is 16.3 Å². The van der Waals surface area contributed by atoms with Crippen LogP contribution in [0.15, 0.2) is 18.2 Å². The summed E-state index contributed by atoms with van der Waals surface area (Å²) in [5.41, 5.74) is 0.0325. The van der Waals surface area contributed by atoms with Crippen LogP contribution in [0.4, 0.5) is 8.78 Å². The fourth-order valence-corrected chi connectivity index (χ4v) is 1.55. The summed E-state index contributed by atoms with van der Waals surface area (Å²) in [7, 11) is 0. The van der Waals surface area contributed by atoms with Crippen LogP contribution in [0.1, 0.15) is 12.5 Å². The molecule has 0 aliphatic carbocycles. The van der Waals surface area contributed by atoms with E-state index in [2.05, 4.69) is 4.74 Å².